The van der Waals surface area contributed by atoms with E-state index in [2.05, 4.69) is 25.9 Å². The first kappa shape index (κ1) is 18.4. The molecule has 1 atom stereocenters. The second kappa shape index (κ2) is 8.33. The Kier molecular flexibility index (Phi) is 5.90. The van der Waals surface area contributed by atoms with Crippen molar-refractivity contribution in [3.05, 3.63) is 50.4 Å². The van der Waals surface area contributed by atoms with Crippen LogP contribution in [0.25, 0.3) is 0 Å². The van der Waals surface area contributed by atoms with Gasteiger partial charge in [-0.15, -0.1) is 0 Å². The monoisotopic (exact) mass is 374 g/mol. The molecule has 0 bridgehead atoms. The van der Waals surface area contributed by atoms with Gasteiger partial charge in [0.2, 0.25) is 5.95 Å². The highest BCUT2D eigenvalue weighted by Crippen LogP contribution is 2.17. The summed E-state index contributed by atoms with van der Waals surface area (Å²) in [5, 5.41) is 17.8. The van der Waals surface area contributed by atoms with E-state index in [1.165, 1.54) is 0 Å². The van der Waals surface area contributed by atoms with E-state index in [1.54, 1.807) is 0 Å². The number of aryl methyl sites for hydroxylation is 1. The molecule has 1 unspecified atom stereocenters. The van der Waals surface area contributed by atoms with Crippen molar-refractivity contribution in [1.29, 1.82) is 5.41 Å². The quantitative estimate of drug-likeness (QED) is 0.478. The van der Waals surface area contributed by atoms with Gasteiger partial charge in [-0.25, -0.2) is 4.98 Å². The van der Waals surface area contributed by atoms with E-state index in [1.807, 2.05) is 25.1 Å². The van der Waals surface area contributed by atoms with E-state index in [0.29, 0.717) is 41.4 Å². The van der Waals surface area contributed by atoms with Crippen LogP contribution < -0.4 is 21.5 Å². The van der Waals surface area contributed by atoms with Crippen LogP contribution in [-0.2, 0) is 6.54 Å². The molecule has 1 fully saturated rings. The number of rotatable bonds is 7. The molecule has 3 rings (SSSR count). The molecule has 7 nitrogen and oxygen atoms in total. The van der Waals surface area contributed by atoms with Crippen LogP contribution in [0.4, 0.5) is 11.6 Å². The molecule has 0 spiro atoms. The Morgan fingerprint density at radius 2 is 2.27 bits per heavy atom. The number of aromatic amines is 1. The Balaban J connectivity index is 1.70. The largest absolute Gasteiger partial charge is 0.378 e. The predicted octanol–water partition coefficient (Wildman–Crippen LogP) is 2.36. The molecule has 0 saturated carbocycles. The van der Waals surface area contributed by atoms with Crippen LogP contribution in [0.15, 0.2) is 23.0 Å². The van der Waals surface area contributed by atoms with E-state index in [9.17, 15) is 4.79 Å². The molecule has 0 aliphatic carbocycles. The number of halogens is 1. The summed E-state index contributed by atoms with van der Waals surface area (Å²) in [4.78, 5) is 19.5. The number of nitrogens with zero attached hydrogens (tertiary/aromatic N) is 1. The van der Waals surface area contributed by atoms with Gasteiger partial charge in [0, 0.05) is 24.3 Å². The summed E-state index contributed by atoms with van der Waals surface area (Å²) in [5.74, 6) is 0.815. The van der Waals surface area contributed by atoms with E-state index < -0.39 is 0 Å². The number of nitrogens with one attached hydrogen (secondary N) is 5. The maximum atomic E-state index is 12.4. The molecule has 1 aromatic heterocycles. The Hall–Kier alpha value is -2.38. The van der Waals surface area contributed by atoms with Gasteiger partial charge >= 0.3 is 0 Å². The first-order valence-corrected chi connectivity index (χ1v) is 9.03. The molecule has 5 N–H and O–H groups in total. The van der Waals surface area contributed by atoms with E-state index >= 15 is 0 Å². The first-order chi connectivity index (χ1) is 12.6. The second-order valence-corrected chi connectivity index (χ2v) is 6.90. The van der Waals surface area contributed by atoms with Crippen molar-refractivity contribution in [2.45, 2.75) is 19.9 Å². The fraction of sp³-hybridized carbons (Fsp3) is 0.389. The van der Waals surface area contributed by atoms with Crippen molar-refractivity contribution in [2.24, 2.45) is 5.92 Å². The van der Waals surface area contributed by atoms with Gasteiger partial charge in [0.05, 0.1) is 0 Å². The van der Waals surface area contributed by atoms with E-state index in [4.69, 9.17) is 17.0 Å². The van der Waals surface area contributed by atoms with Gasteiger partial charge < -0.3 is 21.4 Å². The van der Waals surface area contributed by atoms with Crippen molar-refractivity contribution in [2.75, 3.05) is 30.3 Å². The second-order valence-electron chi connectivity index (χ2n) is 6.50. The molecule has 2 aromatic rings. The maximum absolute atomic E-state index is 12.4. The molecular formula is C18H23ClN6O. The molecule has 1 aliphatic rings. The molecule has 138 valence electrons. The summed E-state index contributed by atoms with van der Waals surface area (Å²) in [6, 6.07) is 5.80. The Morgan fingerprint density at radius 3 is 2.96 bits per heavy atom. The highest BCUT2D eigenvalue weighted by Gasteiger charge is 2.16. The number of hydrogen-bond acceptors (Lipinski definition) is 6. The Labute approximate surface area is 157 Å². The smallest absolute Gasteiger partial charge is 0.276 e. The minimum Gasteiger partial charge on any atom is -0.378 e. The van der Waals surface area contributed by atoms with Gasteiger partial charge in [0.1, 0.15) is 11.4 Å². The third-order valence-corrected chi connectivity index (χ3v) is 4.92. The van der Waals surface area contributed by atoms with Gasteiger partial charge in [-0.2, -0.15) is 0 Å². The number of H-pyrrole nitrogens is 1. The van der Waals surface area contributed by atoms with Crippen LogP contribution in [0, 0.1) is 18.3 Å². The molecule has 26 heavy (non-hydrogen) atoms. The zero-order valence-corrected chi connectivity index (χ0v) is 15.4. The number of benzene rings is 1. The lowest BCUT2D eigenvalue weighted by molar-refractivity contribution is 0.615. The normalized spacial score (nSPS) is 16.5. The lowest BCUT2D eigenvalue weighted by atomic mass is 10.1. The maximum Gasteiger partial charge on any atom is 0.276 e. The summed E-state index contributed by atoms with van der Waals surface area (Å²) in [5.41, 5.74) is 2.38. The van der Waals surface area contributed by atoms with Crippen molar-refractivity contribution >= 4 is 29.5 Å². The van der Waals surface area contributed by atoms with Crippen molar-refractivity contribution in [3.63, 3.8) is 0 Å². The van der Waals surface area contributed by atoms with Gasteiger partial charge in [0.25, 0.3) is 5.56 Å². The Morgan fingerprint density at radius 1 is 1.42 bits per heavy atom. The third kappa shape index (κ3) is 4.42. The average molecular weight is 375 g/mol. The van der Waals surface area contributed by atoms with Gasteiger partial charge in [0.15, 0.2) is 0 Å². The molecule has 0 amide bonds. The highest BCUT2D eigenvalue weighted by molar-refractivity contribution is 6.31. The van der Waals surface area contributed by atoms with Crippen LogP contribution in [0.1, 0.15) is 23.2 Å². The van der Waals surface area contributed by atoms with Crippen molar-refractivity contribution < 1.29 is 0 Å². The number of anilines is 2. The Bertz CT molecular complexity index is 844. The SMILES string of the molecule is Cc1ccc(CNc2nc(C=N)c(NCC3CCNC3)c(=O)[nH]2)cc1Cl. The number of aromatic nitrogens is 2. The molecule has 8 heteroatoms. The van der Waals surface area contributed by atoms with Crippen LogP contribution in [0.5, 0.6) is 0 Å². The highest BCUT2D eigenvalue weighted by atomic mass is 35.5. The minimum absolute atomic E-state index is 0.283. The molecule has 1 aromatic carbocycles. The van der Waals surface area contributed by atoms with Crippen molar-refractivity contribution in [3.8, 4) is 0 Å². The minimum atomic E-state index is -0.283. The summed E-state index contributed by atoms with van der Waals surface area (Å²) >= 11 is 6.13. The lowest BCUT2D eigenvalue weighted by Gasteiger charge is -2.13. The van der Waals surface area contributed by atoms with Crippen LogP contribution in [-0.4, -0.2) is 35.8 Å². The van der Waals surface area contributed by atoms with Gasteiger partial charge in [-0.3, -0.25) is 9.78 Å². The summed E-state index contributed by atoms with van der Waals surface area (Å²) in [7, 11) is 0. The fourth-order valence-corrected chi connectivity index (χ4v) is 3.12. The average Bonchev–Trinajstić information content (AvgIpc) is 3.15. The summed E-state index contributed by atoms with van der Waals surface area (Å²) < 4.78 is 0. The van der Waals surface area contributed by atoms with Gasteiger partial charge in [-0.05, 0) is 49.5 Å². The molecule has 1 aliphatic heterocycles. The van der Waals surface area contributed by atoms with Crippen LogP contribution >= 0.6 is 11.6 Å². The topological polar surface area (TPSA) is 106 Å². The number of hydrogen-bond donors (Lipinski definition) is 5. The zero-order valence-electron chi connectivity index (χ0n) is 14.7. The van der Waals surface area contributed by atoms with E-state index in [-0.39, 0.29) is 5.56 Å². The molecule has 0 radical (unpaired) electrons. The fourth-order valence-electron chi connectivity index (χ4n) is 2.92. The third-order valence-electron chi connectivity index (χ3n) is 4.51. The van der Waals surface area contributed by atoms with E-state index in [0.717, 1.165) is 36.9 Å². The standard InChI is InChI=1S/C18H23ClN6O/c1-11-2-3-12(6-14(11)19)9-23-18-24-15(7-20)16(17(26)25-18)22-10-13-4-5-21-8-13/h2-3,6-7,13,20-22H,4-5,8-10H2,1H3,(H2,23,24,25,26). The molecular weight excluding hydrogens is 352 g/mol. The van der Waals surface area contributed by atoms with Gasteiger partial charge in [-0.1, -0.05) is 23.7 Å². The molecule has 1 saturated heterocycles. The molecule has 2 heterocycles. The van der Waals surface area contributed by atoms with Crippen LogP contribution in [0.2, 0.25) is 5.02 Å². The zero-order chi connectivity index (χ0) is 18.5. The lowest BCUT2D eigenvalue weighted by Crippen LogP contribution is -2.24. The predicted molar refractivity (Wildman–Crippen MR) is 106 cm³/mol. The summed E-state index contributed by atoms with van der Waals surface area (Å²) in [6.07, 6.45) is 2.18. The summed E-state index contributed by atoms with van der Waals surface area (Å²) in [6.45, 7) is 5.05. The van der Waals surface area contributed by atoms with Crippen molar-refractivity contribution in [1.82, 2.24) is 15.3 Å². The van der Waals surface area contributed by atoms with Crippen LogP contribution in [0.3, 0.4) is 0 Å². The first-order valence-electron chi connectivity index (χ1n) is 8.65.